The molecule has 0 spiro atoms. The fraction of sp³-hybridized carbons (Fsp3) is 0.185. The van der Waals surface area contributed by atoms with Crippen LogP contribution in [0, 0.1) is 5.41 Å². The number of hydrogen-bond acceptors (Lipinski definition) is 6. The van der Waals surface area contributed by atoms with Crippen molar-refractivity contribution in [2.75, 3.05) is 20.7 Å². The SMILES string of the molecule is CNC(=O)CCCNC(=O)c1ccccc1Cl.COc1cc(C=N)ccc1OC(=O)c1ccccc1Cl. The minimum Gasteiger partial charge on any atom is -0.493 e. The monoisotopic (exact) mass is 543 g/mol. The number of methoxy groups -OCH3 is 1. The summed E-state index contributed by atoms with van der Waals surface area (Å²) in [7, 11) is 3.06. The first-order chi connectivity index (χ1) is 17.8. The summed E-state index contributed by atoms with van der Waals surface area (Å²) in [6, 6.07) is 18.3. The lowest BCUT2D eigenvalue weighted by atomic mass is 10.2. The smallest absolute Gasteiger partial charge is 0.345 e. The molecule has 0 aliphatic heterocycles. The molecule has 10 heteroatoms. The van der Waals surface area contributed by atoms with Crippen LogP contribution < -0.4 is 20.1 Å². The second kappa shape index (κ2) is 15.3. The van der Waals surface area contributed by atoms with Crippen LogP contribution in [0.2, 0.25) is 10.0 Å². The van der Waals surface area contributed by atoms with Gasteiger partial charge in [-0.1, -0.05) is 47.5 Å². The summed E-state index contributed by atoms with van der Waals surface area (Å²) >= 11 is 11.8. The molecule has 3 aromatic rings. The number of carbonyl (C=O) groups excluding carboxylic acids is 3. The van der Waals surface area contributed by atoms with E-state index >= 15 is 0 Å². The zero-order chi connectivity index (χ0) is 27.2. The number of carbonyl (C=O) groups is 3. The Morgan fingerprint density at radius 3 is 2.11 bits per heavy atom. The van der Waals surface area contributed by atoms with Crippen LogP contribution in [0.4, 0.5) is 0 Å². The van der Waals surface area contributed by atoms with Crippen molar-refractivity contribution in [3.8, 4) is 11.5 Å². The third kappa shape index (κ3) is 9.25. The second-order valence-corrected chi connectivity index (χ2v) is 8.25. The Labute approximate surface area is 225 Å². The summed E-state index contributed by atoms with van der Waals surface area (Å²) in [5.41, 5.74) is 1.39. The molecule has 0 fully saturated rings. The van der Waals surface area contributed by atoms with Crippen LogP contribution >= 0.6 is 23.2 Å². The first-order valence-electron chi connectivity index (χ1n) is 11.2. The molecule has 0 atom stereocenters. The largest absolute Gasteiger partial charge is 0.493 e. The second-order valence-electron chi connectivity index (χ2n) is 7.44. The average molecular weight is 544 g/mol. The van der Waals surface area contributed by atoms with Gasteiger partial charge < -0.3 is 25.5 Å². The van der Waals surface area contributed by atoms with Gasteiger partial charge in [0.2, 0.25) is 5.91 Å². The van der Waals surface area contributed by atoms with E-state index in [9.17, 15) is 14.4 Å². The van der Waals surface area contributed by atoms with Gasteiger partial charge in [-0.3, -0.25) is 9.59 Å². The maximum absolute atomic E-state index is 12.1. The van der Waals surface area contributed by atoms with E-state index in [-0.39, 0.29) is 23.1 Å². The van der Waals surface area contributed by atoms with Gasteiger partial charge in [0.1, 0.15) is 0 Å². The van der Waals surface area contributed by atoms with Crippen LogP contribution in [0.5, 0.6) is 11.5 Å². The van der Waals surface area contributed by atoms with Crippen molar-refractivity contribution < 1.29 is 23.9 Å². The maximum atomic E-state index is 12.1. The highest BCUT2D eigenvalue weighted by Gasteiger charge is 2.15. The van der Waals surface area contributed by atoms with Crippen LogP contribution in [0.15, 0.2) is 66.7 Å². The minimum atomic E-state index is -0.559. The molecule has 0 saturated heterocycles. The van der Waals surface area contributed by atoms with Crippen LogP contribution in [-0.4, -0.2) is 44.7 Å². The molecule has 3 rings (SSSR count). The van der Waals surface area contributed by atoms with Crippen molar-refractivity contribution in [1.29, 1.82) is 5.41 Å². The van der Waals surface area contributed by atoms with E-state index in [1.54, 1.807) is 73.8 Å². The molecule has 0 saturated carbocycles. The number of benzene rings is 3. The normalized spacial score (nSPS) is 9.84. The molecule has 0 aliphatic carbocycles. The van der Waals surface area contributed by atoms with Crippen LogP contribution in [0.25, 0.3) is 0 Å². The van der Waals surface area contributed by atoms with Gasteiger partial charge in [-0.05, 0) is 54.4 Å². The van der Waals surface area contributed by atoms with Gasteiger partial charge in [-0.25, -0.2) is 4.79 Å². The summed E-state index contributed by atoms with van der Waals surface area (Å²) in [6.45, 7) is 0.456. The molecule has 0 radical (unpaired) electrons. The summed E-state index contributed by atoms with van der Waals surface area (Å²) in [6.07, 6.45) is 2.19. The number of hydrogen-bond donors (Lipinski definition) is 3. The van der Waals surface area contributed by atoms with E-state index < -0.39 is 5.97 Å². The fourth-order valence-electron chi connectivity index (χ4n) is 2.96. The lowest BCUT2D eigenvalue weighted by Gasteiger charge is -2.10. The molecule has 0 heterocycles. The van der Waals surface area contributed by atoms with Gasteiger partial charge in [-0.2, -0.15) is 0 Å². The van der Waals surface area contributed by atoms with E-state index in [2.05, 4.69) is 10.6 Å². The van der Waals surface area contributed by atoms with Crippen LogP contribution in [0.3, 0.4) is 0 Å². The molecule has 8 nitrogen and oxygen atoms in total. The highest BCUT2D eigenvalue weighted by atomic mass is 35.5. The molecular weight excluding hydrogens is 517 g/mol. The third-order valence-corrected chi connectivity index (χ3v) is 5.57. The van der Waals surface area contributed by atoms with Gasteiger partial charge in [0.05, 0.1) is 28.3 Å². The molecular formula is C27H27Cl2N3O5. The Balaban J connectivity index is 0.000000264. The molecule has 0 unspecified atom stereocenters. The van der Waals surface area contributed by atoms with Gasteiger partial charge >= 0.3 is 5.97 Å². The van der Waals surface area contributed by atoms with E-state index in [0.717, 1.165) is 0 Å². The molecule has 2 amide bonds. The number of esters is 1. The zero-order valence-electron chi connectivity index (χ0n) is 20.3. The quantitative estimate of drug-likeness (QED) is 0.149. The molecule has 0 aromatic heterocycles. The lowest BCUT2D eigenvalue weighted by Crippen LogP contribution is -2.26. The van der Waals surface area contributed by atoms with Crippen molar-refractivity contribution in [2.24, 2.45) is 0 Å². The van der Waals surface area contributed by atoms with Crippen LogP contribution in [-0.2, 0) is 4.79 Å². The Bertz CT molecular complexity index is 1250. The maximum Gasteiger partial charge on any atom is 0.345 e. The predicted octanol–water partition coefficient (Wildman–Crippen LogP) is 5.16. The summed E-state index contributed by atoms with van der Waals surface area (Å²) in [4.78, 5) is 34.7. The number of amides is 2. The Morgan fingerprint density at radius 2 is 1.54 bits per heavy atom. The van der Waals surface area contributed by atoms with E-state index in [0.29, 0.717) is 46.3 Å². The van der Waals surface area contributed by atoms with E-state index in [4.69, 9.17) is 38.1 Å². The molecule has 37 heavy (non-hydrogen) atoms. The van der Waals surface area contributed by atoms with Crippen LogP contribution in [0.1, 0.15) is 39.1 Å². The van der Waals surface area contributed by atoms with Crippen molar-refractivity contribution in [1.82, 2.24) is 10.6 Å². The molecule has 0 aliphatic rings. The number of rotatable bonds is 9. The Kier molecular flexibility index (Phi) is 12.1. The number of halogens is 2. The Hall–Kier alpha value is -3.88. The van der Waals surface area contributed by atoms with Gasteiger partial charge in [0, 0.05) is 26.2 Å². The number of ether oxygens (including phenoxy) is 2. The highest BCUT2D eigenvalue weighted by Crippen LogP contribution is 2.29. The van der Waals surface area contributed by atoms with Crippen molar-refractivity contribution in [3.63, 3.8) is 0 Å². The average Bonchev–Trinajstić information content (AvgIpc) is 2.91. The first-order valence-corrected chi connectivity index (χ1v) is 11.9. The lowest BCUT2D eigenvalue weighted by molar-refractivity contribution is -0.120. The predicted molar refractivity (Wildman–Crippen MR) is 144 cm³/mol. The molecule has 0 bridgehead atoms. The summed E-state index contributed by atoms with van der Waals surface area (Å²) in [5, 5.41) is 13.2. The Morgan fingerprint density at radius 1 is 0.919 bits per heavy atom. The van der Waals surface area contributed by atoms with E-state index in [1.807, 2.05) is 0 Å². The van der Waals surface area contributed by atoms with E-state index in [1.165, 1.54) is 13.3 Å². The van der Waals surface area contributed by atoms with Gasteiger partial charge in [0.25, 0.3) is 5.91 Å². The fourth-order valence-corrected chi connectivity index (χ4v) is 3.39. The summed E-state index contributed by atoms with van der Waals surface area (Å²) < 4.78 is 10.4. The number of nitrogens with one attached hydrogen (secondary N) is 3. The zero-order valence-corrected chi connectivity index (χ0v) is 21.9. The molecule has 3 aromatic carbocycles. The standard InChI is InChI=1S/C15H12ClNO3.C12H15ClN2O2/c1-19-14-8-10(9-17)6-7-13(14)20-15(18)11-4-2-3-5-12(11)16;1-14-11(16)7-4-8-15-12(17)9-5-2-3-6-10(9)13/h2-9,17H,1H3;2-3,5-6H,4,7-8H2,1H3,(H,14,16)(H,15,17). The highest BCUT2D eigenvalue weighted by molar-refractivity contribution is 6.34. The van der Waals surface area contributed by atoms with Crippen molar-refractivity contribution in [2.45, 2.75) is 12.8 Å². The minimum absolute atomic E-state index is 0.0306. The first kappa shape index (κ1) is 29.4. The molecule has 3 N–H and O–H groups in total. The van der Waals surface area contributed by atoms with Crippen molar-refractivity contribution in [3.05, 3.63) is 93.5 Å². The van der Waals surface area contributed by atoms with Gasteiger partial charge in [-0.15, -0.1) is 0 Å². The third-order valence-electron chi connectivity index (χ3n) is 4.91. The summed E-state index contributed by atoms with van der Waals surface area (Å²) in [5.74, 6) is -0.143. The molecule has 194 valence electrons. The van der Waals surface area contributed by atoms with Gasteiger partial charge in [0.15, 0.2) is 11.5 Å². The van der Waals surface area contributed by atoms with Crippen molar-refractivity contribution >= 4 is 47.2 Å². The topological polar surface area (TPSA) is 118 Å².